The van der Waals surface area contributed by atoms with Crippen LogP contribution in [0.1, 0.15) is 25.8 Å². The molecule has 3 rings (SSSR count). The van der Waals surface area contributed by atoms with Crippen LogP contribution in [-0.4, -0.2) is 36.8 Å². The van der Waals surface area contributed by atoms with Gasteiger partial charge in [0.05, 0.1) is 5.75 Å². The van der Waals surface area contributed by atoms with Gasteiger partial charge in [-0.25, -0.2) is 21.5 Å². The number of hydrogen-bond acceptors (Lipinski definition) is 6. The Labute approximate surface area is 148 Å². The number of halogens is 2. The van der Waals surface area contributed by atoms with Gasteiger partial charge in [-0.15, -0.1) is 0 Å². The molecule has 0 aliphatic carbocycles. The monoisotopic (exact) mass is 387 g/mol. The van der Waals surface area contributed by atoms with Crippen LogP contribution in [0, 0.1) is 11.6 Å². The second kappa shape index (κ2) is 6.04. The third-order valence-corrected chi connectivity index (χ3v) is 6.00. The molecule has 1 atom stereocenters. The Balaban J connectivity index is 2.09. The maximum absolute atomic E-state index is 13.6. The lowest BCUT2D eigenvalue weighted by Gasteiger charge is -2.26. The number of hydrogen-bond donors (Lipinski definition) is 0. The minimum atomic E-state index is -3.74. The molecule has 7 nitrogen and oxygen atoms in total. The normalized spacial score (nSPS) is 24.8. The Morgan fingerprint density at radius 1 is 1.31 bits per heavy atom. The molecule has 2 heterocycles. The molecule has 10 heteroatoms. The lowest BCUT2D eigenvalue weighted by Crippen LogP contribution is -2.33. The van der Waals surface area contributed by atoms with Crippen LogP contribution in [-0.2, 0) is 34.7 Å². The maximum atomic E-state index is 13.6. The van der Waals surface area contributed by atoms with E-state index in [1.54, 1.807) is 0 Å². The van der Waals surface area contributed by atoms with Crippen molar-refractivity contribution in [2.45, 2.75) is 25.9 Å². The van der Waals surface area contributed by atoms with Crippen molar-refractivity contribution in [3.8, 4) is 0 Å². The molecular formula is C16H15F2NO6S. The van der Waals surface area contributed by atoms with E-state index in [-0.39, 0.29) is 17.9 Å². The van der Waals surface area contributed by atoms with E-state index in [0.717, 1.165) is 29.4 Å². The predicted molar refractivity (Wildman–Crippen MR) is 83.7 cm³/mol. The van der Waals surface area contributed by atoms with Gasteiger partial charge < -0.3 is 9.47 Å². The zero-order valence-electron chi connectivity index (χ0n) is 13.9. The van der Waals surface area contributed by atoms with E-state index >= 15 is 0 Å². The zero-order chi connectivity index (χ0) is 19.3. The summed E-state index contributed by atoms with van der Waals surface area (Å²) < 4.78 is 62.5. The van der Waals surface area contributed by atoms with Crippen LogP contribution in [0.5, 0.6) is 0 Å². The van der Waals surface area contributed by atoms with Crippen LogP contribution < -0.4 is 0 Å². The number of esters is 1. The average molecular weight is 387 g/mol. The topological polar surface area (TPSA) is 90.0 Å². The zero-order valence-corrected chi connectivity index (χ0v) is 14.7. The molecule has 0 aromatic heterocycles. The smallest absolute Gasteiger partial charge is 0.308 e. The van der Waals surface area contributed by atoms with Crippen molar-refractivity contribution in [2.75, 3.05) is 12.3 Å². The molecule has 26 heavy (non-hydrogen) atoms. The highest BCUT2D eigenvalue weighted by Gasteiger charge is 2.53. The molecule has 1 saturated heterocycles. The third-order valence-electron chi connectivity index (χ3n) is 4.18. The Bertz CT molecular complexity index is 942. The van der Waals surface area contributed by atoms with Gasteiger partial charge in [0.1, 0.15) is 0 Å². The molecule has 1 unspecified atom stereocenters. The molecule has 1 aromatic rings. The van der Waals surface area contributed by atoms with Gasteiger partial charge in [-0.2, -0.15) is 0 Å². The summed E-state index contributed by atoms with van der Waals surface area (Å²) in [6.07, 6.45) is 0.304. The molecule has 0 radical (unpaired) electrons. The predicted octanol–water partition coefficient (Wildman–Crippen LogP) is 1.55. The molecule has 2 aliphatic rings. The number of nitrogens with zero attached hydrogens (tertiary/aromatic N) is 1. The fraction of sp³-hybridized carbons (Fsp3) is 0.375. The lowest BCUT2D eigenvalue weighted by atomic mass is 9.91. The molecule has 0 spiro atoms. The van der Waals surface area contributed by atoms with E-state index in [9.17, 15) is 26.8 Å². The SMILES string of the molecule is CC(=O)OC1=C(N2CCCS2(=O)=O)OC(C)(c2ccc(F)c(F)c2)C1=O. The number of rotatable bonds is 3. The molecule has 0 amide bonds. The van der Waals surface area contributed by atoms with E-state index in [1.165, 1.54) is 6.92 Å². The lowest BCUT2D eigenvalue weighted by molar-refractivity contribution is -0.142. The number of sulfonamides is 1. The Morgan fingerprint density at radius 3 is 2.54 bits per heavy atom. The summed E-state index contributed by atoms with van der Waals surface area (Å²) in [7, 11) is -3.74. The molecule has 0 bridgehead atoms. The molecule has 2 aliphatic heterocycles. The van der Waals surface area contributed by atoms with E-state index in [4.69, 9.17) is 9.47 Å². The summed E-state index contributed by atoms with van der Waals surface area (Å²) in [5.41, 5.74) is -1.91. The number of ether oxygens (including phenoxy) is 2. The van der Waals surface area contributed by atoms with Crippen molar-refractivity contribution in [3.05, 3.63) is 47.0 Å². The number of carbonyl (C=O) groups is 2. The molecule has 1 aromatic carbocycles. The summed E-state index contributed by atoms with van der Waals surface area (Å²) in [4.78, 5) is 24.2. The van der Waals surface area contributed by atoms with E-state index in [2.05, 4.69) is 0 Å². The fourth-order valence-corrected chi connectivity index (χ4v) is 4.34. The van der Waals surface area contributed by atoms with Crippen molar-refractivity contribution in [3.63, 3.8) is 0 Å². The van der Waals surface area contributed by atoms with Gasteiger partial charge in [-0.1, -0.05) is 6.07 Å². The first-order valence-electron chi connectivity index (χ1n) is 7.69. The minimum absolute atomic E-state index is 0.0438. The Hall–Kier alpha value is -2.49. The largest absolute Gasteiger partial charge is 0.456 e. The fourth-order valence-electron chi connectivity index (χ4n) is 2.85. The quantitative estimate of drug-likeness (QED) is 0.731. The van der Waals surface area contributed by atoms with Gasteiger partial charge in [0, 0.05) is 19.0 Å². The third kappa shape index (κ3) is 2.83. The van der Waals surface area contributed by atoms with Crippen molar-refractivity contribution in [1.82, 2.24) is 4.31 Å². The first-order valence-corrected chi connectivity index (χ1v) is 9.29. The molecule has 140 valence electrons. The summed E-state index contributed by atoms with van der Waals surface area (Å²) >= 11 is 0. The van der Waals surface area contributed by atoms with Crippen LogP contribution in [0.2, 0.25) is 0 Å². The maximum Gasteiger partial charge on any atom is 0.308 e. The van der Waals surface area contributed by atoms with Gasteiger partial charge in [-0.05, 0) is 25.5 Å². The van der Waals surface area contributed by atoms with Crippen molar-refractivity contribution >= 4 is 21.8 Å². The average Bonchev–Trinajstić information content (AvgIpc) is 3.01. The second-order valence-electron chi connectivity index (χ2n) is 6.06. The van der Waals surface area contributed by atoms with Gasteiger partial charge in [0.25, 0.3) is 11.7 Å². The van der Waals surface area contributed by atoms with Crippen molar-refractivity contribution in [1.29, 1.82) is 0 Å². The highest BCUT2D eigenvalue weighted by atomic mass is 32.2. The van der Waals surface area contributed by atoms with E-state index < -0.39 is 50.7 Å². The second-order valence-corrected chi connectivity index (χ2v) is 8.08. The van der Waals surface area contributed by atoms with Crippen molar-refractivity contribution in [2.24, 2.45) is 0 Å². The van der Waals surface area contributed by atoms with Gasteiger partial charge in [-0.3, -0.25) is 9.59 Å². The van der Waals surface area contributed by atoms with Gasteiger partial charge in [0.15, 0.2) is 17.2 Å². The van der Waals surface area contributed by atoms with E-state index in [1.807, 2.05) is 0 Å². The summed E-state index contributed by atoms with van der Waals surface area (Å²) in [5.74, 6) is -5.17. The summed E-state index contributed by atoms with van der Waals surface area (Å²) in [6, 6.07) is 2.74. The summed E-state index contributed by atoms with van der Waals surface area (Å²) in [5, 5.41) is 0. The number of carbonyl (C=O) groups excluding carboxylic acids is 2. The van der Waals surface area contributed by atoms with Gasteiger partial charge in [0.2, 0.25) is 15.8 Å². The van der Waals surface area contributed by atoms with Crippen LogP contribution in [0.3, 0.4) is 0 Å². The van der Waals surface area contributed by atoms with Gasteiger partial charge >= 0.3 is 5.97 Å². The molecule has 0 saturated carbocycles. The number of Topliss-reactive ketones (excluding diaryl/α,β-unsaturated/α-hetero) is 1. The number of ketones is 1. The van der Waals surface area contributed by atoms with Crippen molar-refractivity contribution < 1.29 is 36.3 Å². The molecule has 0 N–H and O–H groups in total. The van der Waals surface area contributed by atoms with Crippen LogP contribution in [0.15, 0.2) is 29.8 Å². The first-order chi connectivity index (χ1) is 12.1. The highest BCUT2D eigenvalue weighted by Crippen LogP contribution is 2.42. The highest BCUT2D eigenvalue weighted by molar-refractivity contribution is 7.89. The van der Waals surface area contributed by atoms with Crippen LogP contribution >= 0.6 is 0 Å². The minimum Gasteiger partial charge on any atom is -0.456 e. The standard InChI is InChI=1S/C16H15F2NO6S/c1-9(20)24-13-14(21)16(2,10-4-5-11(17)12(18)8-10)25-15(13)19-6-3-7-26(19,22)23/h4-5,8H,3,6-7H2,1-2H3. The Morgan fingerprint density at radius 2 is 2.00 bits per heavy atom. The molecule has 1 fully saturated rings. The van der Waals surface area contributed by atoms with E-state index in [0.29, 0.717) is 6.42 Å². The van der Waals surface area contributed by atoms with Crippen LogP contribution in [0.25, 0.3) is 0 Å². The van der Waals surface area contributed by atoms with Crippen LogP contribution in [0.4, 0.5) is 8.78 Å². The summed E-state index contributed by atoms with van der Waals surface area (Å²) in [6.45, 7) is 2.36. The Kier molecular flexibility index (Phi) is 4.26. The first kappa shape index (κ1) is 18.3. The molecular weight excluding hydrogens is 372 g/mol. The number of benzene rings is 1.